The summed E-state index contributed by atoms with van der Waals surface area (Å²) in [5.41, 5.74) is 5.36. The lowest BCUT2D eigenvalue weighted by Crippen LogP contribution is -2.63. The Balaban J connectivity index is 1.33. The molecule has 5 rings (SSSR count). The molecule has 5 amide bonds. The van der Waals surface area contributed by atoms with Crippen molar-refractivity contribution in [3.05, 3.63) is 22.4 Å². The molecule has 44 heavy (non-hydrogen) atoms. The topological polar surface area (TPSA) is 151 Å². The van der Waals surface area contributed by atoms with Crippen LogP contribution in [0.3, 0.4) is 0 Å². The maximum Gasteiger partial charge on any atom is 0.315 e. The third-order valence-corrected chi connectivity index (χ3v) is 11.3. The van der Waals surface area contributed by atoms with Gasteiger partial charge in [0.25, 0.3) is 5.91 Å². The maximum absolute atomic E-state index is 14.3. The molecule has 1 saturated heterocycles. The van der Waals surface area contributed by atoms with E-state index < -0.39 is 41.1 Å². The zero-order chi connectivity index (χ0) is 32.0. The highest BCUT2D eigenvalue weighted by Gasteiger charge is 2.70. The van der Waals surface area contributed by atoms with Crippen LogP contribution in [0, 0.1) is 28.6 Å². The van der Waals surface area contributed by atoms with Crippen molar-refractivity contribution in [2.45, 2.75) is 116 Å². The molecule has 4 aliphatic rings. The predicted octanol–water partition coefficient (Wildman–Crippen LogP) is 3.53. The number of amides is 5. The van der Waals surface area contributed by atoms with E-state index in [9.17, 15) is 24.0 Å². The number of urea groups is 1. The quantitative estimate of drug-likeness (QED) is 0.277. The van der Waals surface area contributed by atoms with E-state index in [1.807, 2.05) is 26.2 Å². The fourth-order valence-corrected chi connectivity index (χ4v) is 8.41. The predicted molar refractivity (Wildman–Crippen MR) is 168 cm³/mol. The molecule has 4 fully saturated rings. The summed E-state index contributed by atoms with van der Waals surface area (Å²) in [6, 6.07) is -0.961. The van der Waals surface area contributed by atoms with Gasteiger partial charge in [-0.3, -0.25) is 19.2 Å². The van der Waals surface area contributed by atoms with Gasteiger partial charge in [-0.05, 0) is 76.7 Å². The van der Waals surface area contributed by atoms with Crippen LogP contribution in [0.25, 0.3) is 0 Å². The number of Topliss-reactive ketones (excluding diaryl/α,β-unsaturated/α-hetero) is 1. The summed E-state index contributed by atoms with van der Waals surface area (Å²) in [6.45, 7) is 10.3. The Hall–Kier alpha value is -2.95. The second-order valence-electron chi connectivity index (χ2n) is 15.4. The first-order chi connectivity index (χ1) is 20.6. The maximum atomic E-state index is 14.3. The van der Waals surface area contributed by atoms with E-state index in [0.717, 1.165) is 51.4 Å². The van der Waals surface area contributed by atoms with Crippen molar-refractivity contribution in [1.82, 2.24) is 20.9 Å². The van der Waals surface area contributed by atoms with Gasteiger partial charge in [0.2, 0.25) is 17.6 Å². The van der Waals surface area contributed by atoms with Crippen molar-refractivity contribution in [1.29, 1.82) is 0 Å². The first-order valence-electron chi connectivity index (χ1n) is 16.2. The lowest BCUT2D eigenvalue weighted by Gasteiger charge is -2.41. The molecule has 0 aromatic carbocycles. The number of fused-ring (bicyclic) bond motifs is 1. The number of rotatable bonds is 11. The van der Waals surface area contributed by atoms with Gasteiger partial charge in [0.05, 0.1) is 6.04 Å². The summed E-state index contributed by atoms with van der Waals surface area (Å²) < 4.78 is 0. The molecule has 0 bridgehead atoms. The molecule has 1 unspecified atom stereocenters. The molecule has 1 aromatic heterocycles. The van der Waals surface area contributed by atoms with Crippen LogP contribution in [-0.4, -0.2) is 64.6 Å². The number of carbonyl (C=O) groups excluding carboxylic acids is 5. The molecule has 10 nitrogen and oxygen atoms in total. The number of primary amides is 1. The minimum Gasteiger partial charge on any atom is -0.363 e. The molecule has 242 valence electrons. The normalized spacial score (nSPS) is 26.6. The third kappa shape index (κ3) is 6.82. The van der Waals surface area contributed by atoms with Crippen molar-refractivity contribution < 1.29 is 24.0 Å². The van der Waals surface area contributed by atoms with Crippen LogP contribution >= 0.6 is 11.3 Å². The molecule has 1 aliphatic heterocycles. The molecule has 1 aromatic rings. The van der Waals surface area contributed by atoms with Crippen molar-refractivity contribution in [2.75, 3.05) is 6.54 Å². The molecule has 2 heterocycles. The monoisotopic (exact) mass is 627 g/mol. The van der Waals surface area contributed by atoms with Gasteiger partial charge in [-0.15, -0.1) is 0 Å². The van der Waals surface area contributed by atoms with E-state index >= 15 is 0 Å². The Morgan fingerprint density at radius 2 is 1.75 bits per heavy atom. The summed E-state index contributed by atoms with van der Waals surface area (Å²) >= 11 is 1.64. The molecule has 3 aliphatic carbocycles. The van der Waals surface area contributed by atoms with Gasteiger partial charge in [0.1, 0.15) is 12.1 Å². The SMILES string of the molecule is CC(C)(C)[C@H](NC(=O)NC1(Cc2ccsc2)CCCCC1)C(=O)N1C[C@H]2[C@@H]([C@H]1C(=O)NC(CC1CC1)C(=O)C(N)=O)C2(C)C. The van der Waals surface area contributed by atoms with Gasteiger partial charge in [-0.25, -0.2) is 4.79 Å². The van der Waals surface area contributed by atoms with Crippen molar-refractivity contribution >= 4 is 40.9 Å². The third-order valence-electron chi connectivity index (χ3n) is 10.6. The number of piperidine rings is 1. The first-order valence-corrected chi connectivity index (χ1v) is 17.1. The zero-order valence-corrected chi connectivity index (χ0v) is 27.6. The summed E-state index contributed by atoms with van der Waals surface area (Å²) in [5, 5.41) is 13.3. The van der Waals surface area contributed by atoms with Crippen LogP contribution < -0.4 is 21.7 Å². The first kappa shape index (κ1) is 32.4. The Labute approximate surface area is 264 Å². The van der Waals surface area contributed by atoms with Crippen LogP contribution in [0.15, 0.2) is 16.8 Å². The van der Waals surface area contributed by atoms with Gasteiger partial charge < -0.3 is 26.6 Å². The highest BCUT2D eigenvalue weighted by Crippen LogP contribution is 2.65. The summed E-state index contributed by atoms with van der Waals surface area (Å²) in [4.78, 5) is 67.8. The number of nitrogens with two attached hydrogens (primary N) is 1. The Morgan fingerprint density at radius 1 is 1.07 bits per heavy atom. The fraction of sp³-hybridized carbons (Fsp3) is 0.727. The van der Waals surface area contributed by atoms with E-state index in [-0.39, 0.29) is 40.6 Å². The Morgan fingerprint density at radius 3 is 2.32 bits per heavy atom. The highest BCUT2D eigenvalue weighted by atomic mass is 32.1. The van der Waals surface area contributed by atoms with Gasteiger partial charge in [0, 0.05) is 12.1 Å². The van der Waals surface area contributed by atoms with Crippen molar-refractivity contribution in [2.24, 2.45) is 34.3 Å². The minimum absolute atomic E-state index is 0.0812. The van der Waals surface area contributed by atoms with E-state index in [1.54, 1.807) is 16.2 Å². The van der Waals surface area contributed by atoms with Crippen LogP contribution in [0.4, 0.5) is 4.79 Å². The van der Waals surface area contributed by atoms with E-state index in [0.29, 0.717) is 13.0 Å². The molecule has 0 spiro atoms. The summed E-state index contributed by atoms with van der Waals surface area (Å²) in [5.74, 6) is -2.31. The van der Waals surface area contributed by atoms with E-state index in [1.165, 1.54) is 5.56 Å². The smallest absolute Gasteiger partial charge is 0.315 e. The van der Waals surface area contributed by atoms with E-state index in [2.05, 4.69) is 41.2 Å². The number of hydrogen-bond donors (Lipinski definition) is 4. The number of hydrogen-bond acceptors (Lipinski definition) is 6. The molecular formula is C33H49N5O5S. The summed E-state index contributed by atoms with van der Waals surface area (Å²) in [6.07, 6.45) is 7.97. The number of likely N-dealkylation sites (tertiary alicyclic amines) is 1. The summed E-state index contributed by atoms with van der Waals surface area (Å²) in [7, 11) is 0. The number of ketones is 1. The lowest BCUT2D eigenvalue weighted by atomic mass is 9.78. The average molecular weight is 628 g/mol. The number of nitrogens with one attached hydrogen (secondary N) is 3. The van der Waals surface area contributed by atoms with Crippen molar-refractivity contribution in [3.8, 4) is 0 Å². The van der Waals surface area contributed by atoms with Crippen LogP contribution in [0.1, 0.15) is 91.5 Å². The van der Waals surface area contributed by atoms with Crippen LogP contribution in [0.5, 0.6) is 0 Å². The standard InChI is InChI=1S/C33H49N5O5S/c1-31(2,3)26(36-30(43)37-33(12-7-6-8-13-33)16-20-11-14-44-18-20)29(42)38-17-21-23(32(21,4)5)24(38)28(41)35-22(15-19-9-10-19)25(39)27(34)40/h11,14,18-19,21-24,26H,6-10,12-13,15-17H2,1-5H3,(H2,34,40)(H,35,41)(H2,36,37,43)/t21-,22?,23-,24-,26+/m0/s1. The Kier molecular flexibility index (Phi) is 8.92. The zero-order valence-electron chi connectivity index (χ0n) is 26.7. The lowest BCUT2D eigenvalue weighted by molar-refractivity contribution is -0.145. The van der Waals surface area contributed by atoms with Gasteiger partial charge in [0.15, 0.2) is 0 Å². The van der Waals surface area contributed by atoms with Gasteiger partial charge in [-0.1, -0.05) is 66.7 Å². The molecular weight excluding hydrogens is 578 g/mol. The van der Waals surface area contributed by atoms with Crippen molar-refractivity contribution in [3.63, 3.8) is 0 Å². The van der Waals surface area contributed by atoms with Crippen LogP contribution in [0.2, 0.25) is 0 Å². The molecule has 3 saturated carbocycles. The molecule has 0 radical (unpaired) electrons. The highest BCUT2D eigenvalue weighted by molar-refractivity contribution is 7.07. The Bertz CT molecular complexity index is 1280. The number of thiophene rings is 1. The van der Waals surface area contributed by atoms with Gasteiger partial charge >= 0.3 is 6.03 Å². The van der Waals surface area contributed by atoms with E-state index in [4.69, 9.17) is 5.73 Å². The molecule has 5 atom stereocenters. The fourth-order valence-electron chi connectivity index (χ4n) is 7.74. The largest absolute Gasteiger partial charge is 0.363 e. The second-order valence-corrected chi connectivity index (χ2v) is 16.2. The van der Waals surface area contributed by atoms with Crippen LogP contribution in [-0.2, 0) is 25.6 Å². The number of nitrogens with zero attached hydrogens (tertiary/aromatic N) is 1. The number of carbonyl (C=O) groups is 5. The van der Waals surface area contributed by atoms with Gasteiger partial charge in [-0.2, -0.15) is 11.3 Å². The second kappa shape index (κ2) is 12.1. The molecule has 11 heteroatoms. The average Bonchev–Trinajstić information content (AvgIpc) is 3.66. The minimum atomic E-state index is -1.07. The molecule has 5 N–H and O–H groups in total.